The largest absolute Gasteiger partial charge is 0.336 e. The Balaban J connectivity index is 1.36. The molecule has 5 rings (SSSR count). The van der Waals surface area contributed by atoms with Crippen molar-refractivity contribution in [3.63, 3.8) is 0 Å². The third-order valence-electron chi connectivity index (χ3n) is 5.36. The smallest absolute Gasteiger partial charge is 0.326 e. The molecular formula is C19H19N7O2. The summed E-state index contributed by atoms with van der Waals surface area (Å²) in [6.07, 6.45) is 3.06. The SMILES string of the molecule is Cc1ccnc2nc(C(=O)N3CCC(n4c(=O)[nH]c5ccccc54)CC3)nn12. The summed E-state index contributed by atoms with van der Waals surface area (Å²) in [5.74, 6) is 0.378. The first-order valence-corrected chi connectivity index (χ1v) is 9.29. The van der Waals surface area contributed by atoms with E-state index in [0.29, 0.717) is 31.7 Å². The first-order chi connectivity index (χ1) is 13.6. The summed E-state index contributed by atoms with van der Waals surface area (Å²) in [6.45, 7) is 3.00. The fourth-order valence-corrected chi connectivity index (χ4v) is 3.90. The minimum Gasteiger partial charge on any atom is -0.336 e. The van der Waals surface area contributed by atoms with Crippen molar-refractivity contribution >= 4 is 22.7 Å². The highest BCUT2D eigenvalue weighted by molar-refractivity contribution is 5.91. The highest BCUT2D eigenvalue weighted by atomic mass is 16.2. The molecular weight excluding hydrogens is 358 g/mol. The number of benzene rings is 1. The number of H-pyrrole nitrogens is 1. The molecule has 142 valence electrons. The summed E-state index contributed by atoms with van der Waals surface area (Å²) in [6, 6.07) is 9.56. The minimum absolute atomic E-state index is 0.0608. The minimum atomic E-state index is -0.199. The van der Waals surface area contributed by atoms with Gasteiger partial charge in [-0.3, -0.25) is 9.36 Å². The predicted molar refractivity (Wildman–Crippen MR) is 102 cm³/mol. The van der Waals surface area contributed by atoms with Crippen molar-refractivity contribution in [2.24, 2.45) is 0 Å². The average molecular weight is 377 g/mol. The van der Waals surface area contributed by atoms with E-state index < -0.39 is 0 Å². The Hall–Kier alpha value is -3.49. The van der Waals surface area contributed by atoms with Gasteiger partial charge in [-0.15, -0.1) is 5.10 Å². The summed E-state index contributed by atoms with van der Waals surface area (Å²) in [5, 5.41) is 4.30. The van der Waals surface area contributed by atoms with Gasteiger partial charge in [0, 0.05) is 31.0 Å². The van der Waals surface area contributed by atoms with Crippen LogP contribution in [0.5, 0.6) is 0 Å². The van der Waals surface area contributed by atoms with Crippen molar-refractivity contribution < 1.29 is 4.79 Å². The number of carbonyl (C=O) groups excluding carboxylic acids is 1. The molecule has 0 spiro atoms. The fourth-order valence-electron chi connectivity index (χ4n) is 3.90. The molecule has 0 aliphatic carbocycles. The summed E-state index contributed by atoms with van der Waals surface area (Å²) in [4.78, 5) is 38.3. The lowest BCUT2D eigenvalue weighted by atomic mass is 10.0. The van der Waals surface area contributed by atoms with Gasteiger partial charge in [0.15, 0.2) is 0 Å². The quantitative estimate of drug-likeness (QED) is 0.571. The Morgan fingerprint density at radius 1 is 1.18 bits per heavy atom. The number of likely N-dealkylation sites (tertiary alicyclic amines) is 1. The number of rotatable bonds is 2. The van der Waals surface area contributed by atoms with Crippen molar-refractivity contribution in [1.82, 2.24) is 34.0 Å². The Morgan fingerprint density at radius 2 is 1.96 bits per heavy atom. The monoisotopic (exact) mass is 377 g/mol. The predicted octanol–water partition coefficient (Wildman–Crippen LogP) is 1.55. The Kier molecular flexibility index (Phi) is 3.75. The van der Waals surface area contributed by atoms with Crippen molar-refractivity contribution in [3.05, 3.63) is 58.5 Å². The summed E-state index contributed by atoms with van der Waals surface area (Å²) in [5.41, 5.74) is 2.51. The van der Waals surface area contributed by atoms with Crippen molar-refractivity contribution in [2.75, 3.05) is 13.1 Å². The Labute approximate surface area is 159 Å². The van der Waals surface area contributed by atoms with Gasteiger partial charge in [-0.1, -0.05) is 12.1 Å². The molecule has 0 unspecified atom stereocenters. The van der Waals surface area contributed by atoms with Crippen LogP contribution in [0.2, 0.25) is 0 Å². The number of fused-ring (bicyclic) bond motifs is 2. The molecule has 3 aromatic heterocycles. The number of nitrogens with zero attached hydrogens (tertiary/aromatic N) is 6. The van der Waals surface area contributed by atoms with Gasteiger partial charge in [0.2, 0.25) is 5.82 Å². The van der Waals surface area contributed by atoms with E-state index in [4.69, 9.17) is 0 Å². The van der Waals surface area contributed by atoms with E-state index in [-0.39, 0.29) is 23.5 Å². The fraction of sp³-hybridized carbons (Fsp3) is 0.316. The second-order valence-electron chi connectivity index (χ2n) is 7.07. The highest BCUT2D eigenvalue weighted by Crippen LogP contribution is 2.25. The number of carbonyl (C=O) groups is 1. The topological polar surface area (TPSA) is 101 Å². The lowest BCUT2D eigenvalue weighted by molar-refractivity contribution is 0.0683. The highest BCUT2D eigenvalue weighted by Gasteiger charge is 2.28. The van der Waals surface area contributed by atoms with Gasteiger partial charge in [0.1, 0.15) is 0 Å². The number of aromatic amines is 1. The van der Waals surface area contributed by atoms with E-state index in [9.17, 15) is 9.59 Å². The molecule has 4 heterocycles. The van der Waals surface area contributed by atoms with E-state index in [0.717, 1.165) is 16.7 Å². The van der Waals surface area contributed by atoms with Gasteiger partial charge in [-0.05, 0) is 38.0 Å². The number of nitrogens with one attached hydrogen (secondary N) is 1. The number of hydrogen-bond donors (Lipinski definition) is 1. The van der Waals surface area contributed by atoms with Crippen LogP contribution in [0.4, 0.5) is 0 Å². The molecule has 9 nitrogen and oxygen atoms in total. The molecule has 0 bridgehead atoms. The molecule has 1 amide bonds. The number of amides is 1. The zero-order valence-electron chi connectivity index (χ0n) is 15.4. The lowest BCUT2D eigenvalue weighted by Crippen LogP contribution is -2.40. The molecule has 0 radical (unpaired) electrons. The summed E-state index contributed by atoms with van der Waals surface area (Å²) in [7, 11) is 0. The van der Waals surface area contributed by atoms with Gasteiger partial charge in [-0.25, -0.2) is 14.3 Å². The zero-order chi connectivity index (χ0) is 19.3. The van der Waals surface area contributed by atoms with Crippen LogP contribution in [0.15, 0.2) is 41.3 Å². The number of imidazole rings is 1. The number of aromatic nitrogens is 6. The van der Waals surface area contributed by atoms with Crippen LogP contribution in [-0.4, -0.2) is 53.0 Å². The molecule has 1 aromatic carbocycles. The van der Waals surface area contributed by atoms with E-state index in [1.54, 1.807) is 15.6 Å². The van der Waals surface area contributed by atoms with Crippen molar-refractivity contribution in [2.45, 2.75) is 25.8 Å². The standard InChI is InChI=1S/C19H19N7O2/c1-12-6-9-20-18-22-16(23-26(12)18)17(27)24-10-7-13(8-11-24)25-15-5-3-2-4-14(15)21-19(25)28/h2-6,9,13H,7-8,10-11H2,1H3,(H,21,28). The number of piperidine rings is 1. The van der Waals surface area contributed by atoms with Crippen molar-refractivity contribution in [3.8, 4) is 0 Å². The first kappa shape index (κ1) is 16.7. The molecule has 1 fully saturated rings. The van der Waals surface area contributed by atoms with E-state index in [1.807, 2.05) is 41.8 Å². The molecule has 0 saturated carbocycles. The van der Waals surface area contributed by atoms with Gasteiger partial charge >= 0.3 is 5.69 Å². The summed E-state index contributed by atoms with van der Waals surface area (Å²) >= 11 is 0. The van der Waals surface area contributed by atoms with Crippen LogP contribution >= 0.6 is 0 Å². The normalized spacial score (nSPS) is 15.5. The summed E-state index contributed by atoms with van der Waals surface area (Å²) < 4.78 is 3.39. The van der Waals surface area contributed by atoms with Crippen molar-refractivity contribution in [1.29, 1.82) is 0 Å². The van der Waals surface area contributed by atoms with Gasteiger partial charge in [0.25, 0.3) is 11.7 Å². The van der Waals surface area contributed by atoms with E-state index in [2.05, 4.69) is 20.1 Å². The van der Waals surface area contributed by atoms with Crippen LogP contribution in [-0.2, 0) is 0 Å². The Morgan fingerprint density at radius 3 is 2.75 bits per heavy atom. The molecule has 1 aliphatic rings. The number of aryl methyl sites for hydroxylation is 1. The molecule has 1 N–H and O–H groups in total. The number of para-hydroxylation sites is 2. The van der Waals surface area contributed by atoms with E-state index >= 15 is 0 Å². The third kappa shape index (κ3) is 2.58. The van der Waals surface area contributed by atoms with Gasteiger partial charge < -0.3 is 9.88 Å². The van der Waals surface area contributed by atoms with E-state index in [1.165, 1.54) is 0 Å². The molecule has 0 atom stereocenters. The zero-order valence-corrected chi connectivity index (χ0v) is 15.4. The lowest BCUT2D eigenvalue weighted by Gasteiger charge is -2.31. The molecule has 4 aromatic rings. The first-order valence-electron chi connectivity index (χ1n) is 9.29. The maximum atomic E-state index is 12.8. The van der Waals surface area contributed by atoms with Gasteiger partial charge in [-0.2, -0.15) is 4.98 Å². The number of hydrogen-bond acceptors (Lipinski definition) is 5. The maximum Gasteiger partial charge on any atom is 0.326 e. The van der Waals surface area contributed by atoms with Crippen LogP contribution in [0, 0.1) is 6.92 Å². The second-order valence-corrected chi connectivity index (χ2v) is 7.07. The Bertz CT molecular complexity index is 1240. The molecule has 9 heteroatoms. The van der Waals surface area contributed by atoms with Crippen LogP contribution in [0.25, 0.3) is 16.8 Å². The van der Waals surface area contributed by atoms with Crippen LogP contribution in [0.3, 0.4) is 0 Å². The molecule has 1 aliphatic heterocycles. The molecule has 1 saturated heterocycles. The van der Waals surface area contributed by atoms with Crippen LogP contribution < -0.4 is 5.69 Å². The average Bonchev–Trinajstić information content (AvgIpc) is 3.29. The molecule has 28 heavy (non-hydrogen) atoms. The maximum absolute atomic E-state index is 12.8. The van der Waals surface area contributed by atoms with Gasteiger partial charge in [0.05, 0.1) is 11.0 Å². The third-order valence-corrected chi connectivity index (χ3v) is 5.36. The van der Waals surface area contributed by atoms with Crippen LogP contribution in [0.1, 0.15) is 35.2 Å². The second kappa shape index (κ2) is 6.29.